The molecule has 5 heteroatoms. The molecule has 0 aromatic carbocycles. The van der Waals surface area contributed by atoms with Gasteiger partial charge in [-0.1, -0.05) is 26.7 Å². The summed E-state index contributed by atoms with van der Waals surface area (Å²) in [6.07, 6.45) is 4.05. The summed E-state index contributed by atoms with van der Waals surface area (Å²) in [5.74, 6) is -0.589. The van der Waals surface area contributed by atoms with Crippen LogP contribution in [0.1, 0.15) is 46.0 Å². The summed E-state index contributed by atoms with van der Waals surface area (Å²) in [6, 6.07) is -0.178. The van der Waals surface area contributed by atoms with Crippen LogP contribution in [0.2, 0.25) is 0 Å². The number of hydrogen-bond donors (Lipinski definition) is 3. The van der Waals surface area contributed by atoms with Crippen molar-refractivity contribution in [2.24, 2.45) is 11.8 Å². The highest BCUT2D eigenvalue weighted by atomic mass is 16.4. The number of carbonyl (C=O) groups is 2. The van der Waals surface area contributed by atoms with E-state index in [9.17, 15) is 9.59 Å². The number of aliphatic carboxylic acids is 1. The van der Waals surface area contributed by atoms with Gasteiger partial charge in [0.15, 0.2) is 0 Å². The predicted octanol–water partition coefficient (Wildman–Crippen LogP) is 1.98. The minimum absolute atomic E-state index is 0.00298. The van der Waals surface area contributed by atoms with E-state index in [1.165, 1.54) is 0 Å². The first kappa shape index (κ1) is 14.8. The Balaban J connectivity index is 2.29. The summed E-state index contributed by atoms with van der Waals surface area (Å²) < 4.78 is 0. The zero-order valence-electron chi connectivity index (χ0n) is 11.2. The maximum Gasteiger partial charge on any atom is 0.315 e. The summed E-state index contributed by atoms with van der Waals surface area (Å²) in [6.45, 7) is 4.83. The lowest BCUT2D eigenvalue weighted by atomic mass is 9.86. The van der Waals surface area contributed by atoms with Gasteiger partial charge >= 0.3 is 12.0 Å². The van der Waals surface area contributed by atoms with Gasteiger partial charge in [-0.3, -0.25) is 4.79 Å². The lowest BCUT2D eigenvalue weighted by Gasteiger charge is -2.27. The standard InChI is InChI=1S/C13H24N2O3/c1-3-9(2)8-14-13(18)15-11-6-4-5-10(7-11)12(16)17/h9-11H,3-8H2,1-2H3,(H,16,17)(H2,14,15,18). The maximum atomic E-state index is 11.6. The number of urea groups is 1. The molecule has 3 unspecified atom stereocenters. The van der Waals surface area contributed by atoms with Crippen molar-refractivity contribution in [2.45, 2.75) is 52.0 Å². The summed E-state index contributed by atoms with van der Waals surface area (Å²) in [5, 5.41) is 14.7. The fraction of sp³-hybridized carbons (Fsp3) is 0.846. The molecule has 0 bridgehead atoms. The minimum Gasteiger partial charge on any atom is -0.481 e. The largest absolute Gasteiger partial charge is 0.481 e. The zero-order chi connectivity index (χ0) is 13.5. The van der Waals surface area contributed by atoms with Crippen LogP contribution in [0.4, 0.5) is 4.79 Å². The lowest BCUT2D eigenvalue weighted by Crippen LogP contribution is -2.45. The van der Waals surface area contributed by atoms with Gasteiger partial charge in [0, 0.05) is 12.6 Å². The average Bonchev–Trinajstić information content (AvgIpc) is 2.36. The van der Waals surface area contributed by atoms with Crippen LogP contribution in [0.3, 0.4) is 0 Å². The van der Waals surface area contributed by atoms with Crippen molar-refractivity contribution in [1.29, 1.82) is 0 Å². The summed E-state index contributed by atoms with van der Waals surface area (Å²) in [5.41, 5.74) is 0. The van der Waals surface area contributed by atoms with Crippen LogP contribution in [0.25, 0.3) is 0 Å². The van der Waals surface area contributed by atoms with E-state index in [0.717, 1.165) is 25.7 Å². The Bertz CT molecular complexity index is 294. The second-order valence-electron chi connectivity index (χ2n) is 5.27. The van der Waals surface area contributed by atoms with Crippen LogP contribution >= 0.6 is 0 Å². The van der Waals surface area contributed by atoms with E-state index < -0.39 is 5.97 Å². The Morgan fingerprint density at radius 2 is 2.11 bits per heavy atom. The van der Waals surface area contributed by atoms with Crippen LogP contribution in [0.15, 0.2) is 0 Å². The topological polar surface area (TPSA) is 78.4 Å². The quantitative estimate of drug-likeness (QED) is 0.703. The Morgan fingerprint density at radius 3 is 2.72 bits per heavy atom. The van der Waals surface area contributed by atoms with E-state index in [1.54, 1.807) is 0 Å². The molecule has 5 nitrogen and oxygen atoms in total. The van der Waals surface area contributed by atoms with Gasteiger partial charge in [0.05, 0.1) is 5.92 Å². The predicted molar refractivity (Wildman–Crippen MR) is 69.4 cm³/mol. The molecule has 1 aliphatic rings. The van der Waals surface area contributed by atoms with Crippen LogP contribution in [-0.2, 0) is 4.79 Å². The third kappa shape index (κ3) is 4.94. The number of amides is 2. The van der Waals surface area contributed by atoms with Crippen molar-refractivity contribution < 1.29 is 14.7 Å². The number of rotatable bonds is 5. The smallest absolute Gasteiger partial charge is 0.315 e. The van der Waals surface area contributed by atoms with E-state index in [1.807, 2.05) is 0 Å². The molecule has 104 valence electrons. The number of carboxylic acid groups (broad SMARTS) is 1. The maximum absolute atomic E-state index is 11.6. The van der Waals surface area contributed by atoms with Gasteiger partial charge in [-0.15, -0.1) is 0 Å². The first-order valence-corrected chi connectivity index (χ1v) is 6.80. The molecule has 0 saturated heterocycles. The highest BCUT2D eigenvalue weighted by Crippen LogP contribution is 2.24. The monoisotopic (exact) mass is 256 g/mol. The van der Waals surface area contributed by atoms with E-state index in [-0.39, 0.29) is 18.0 Å². The normalized spacial score (nSPS) is 25.2. The molecule has 0 heterocycles. The van der Waals surface area contributed by atoms with Crippen molar-refractivity contribution >= 4 is 12.0 Å². The average molecular weight is 256 g/mol. The molecular formula is C13H24N2O3. The summed E-state index contributed by atoms with van der Waals surface area (Å²) in [7, 11) is 0. The number of carbonyl (C=O) groups excluding carboxylic acids is 1. The molecule has 2 amide bonds. The van der Waals surface area contributed by atoms with Crippen LogP contribution in [-0.4, -0.2) is 29.7 Å². The Hall–Kier alpha value is -1.26. The molecule has 0 aromatic heterocycles. The highest BCUT2D eigenvalue weighted by Gasteiger charge is 2.27. The first-order chi connectivity index (χ1) is 8.52. The molecule has 18 heavy (non-hydrogen) atoms. The first-order valence-electron chi connectivity index (χ1n) is 6.80. The second-order valence-corrected chi connectivity index (χ2v) is 5.27. The second kappa shape index (κ2) is 7.24. The fourth-order valence-corrected chi connectivity index (χ4v) is 2.19. The molecule has 0 radical (unpaired) electrons. The molecule has 0 spiro atoms. The highest BCUT2D eigenvalue weighted by molar-refractivity contribution is 5.74. The van der Waals surface area contributed by atoms with E-state index in [2.05, 4.69) is 24.5 Å². The molecule has 1 saturated carbocycles. The van der Waals surface area contributed by atoms with Crippen molar-refractivity contribution in [3.63, 3.8) is 0 Å². The molecule has 3 N–H and O–H groups in total. The number of nitrogens with one attached hydrogen (secondary N) is 2. The molecular weight excluding hydrogens is 232 g/mol. The molecule has 1 fully saturated rings. The fourth-order valence-electron chi connectivity index (χ4n) is 2.19. The zero-order valence-corrected chi connectivity index (χ0v) is 11.2. The van der Waals surface area contributed by atoms with Crippen LogP contribution in [0, 0.1) is 11.8 Å². The van der Waals surface area contributed by atoms with Gasteiger partial charge in [-0.25, -0.2) is 4.79 Å². The number of carboxylic acids is 1. The molecule has 3 atom stereocenters. The Morgan fingerprint density at radius 1 is 1.39 bits per heavy atom. The Labute approximate surface area is 108 Å². The van der Waals surface area contributed by atoms with E-state index >= 15 is 0 Å². The summed E-state index contributed by atoms with van der Waals surface area (Å²) in [4.78, 5) is 22.5. The van der Waals surface area contributed by atoms with Crippen molar-refractivity contribution in [3.05, 3.63) is 0 Å². The lowest BCUT2D eigenvalue weighted by molar-refractivity contribution is -0.143. The van der Waals surface area contributed by atoms with Crippen LogP contribution in [0.5, 0.6) is 0 Å². The van der Waals surface area contributed by atoms with E-state index in [4.69, 9.17) is 5.11 Å². The third-order valence-corrected chi connectivity index (χ3v) is 3.67. The van der Waals surface area contributed by atoms with Crippen molar-refractivity contribution in [1.82, 2.24) is 10.6 Å². The van der Waals surface area contributed by atoms with Crippen molar-refractivity contribution in [2.75, 3.05) is 6.54 Å². The molecule has 1 aliphatic carbocycles. The summed E-state index contributed by atoms with van der Waals surface area (Å²) >= 11 is 0. The van der Waals surface area contributed by atoms with E-state index in [0.29, 0.717) is 18.9 Å². The number of hydrogen-bond acceptors (Lipinski definition) is 2. The van der Waals surface area contributed by atoms with Gasteiger partial charge < -0.3 is 15.7 Å². The third-order valence-electron chi connectivity index (χ3n) is 3.67. The van der Waals surface area contributed by atoms with Gasteiger partial charge in [0.2, 0.25) is 0 Å². The van der Waals surface area contributed by atoms with Gasteiger partial charge in [0.1, 0.15) is 0 Å². The van der Waals surface area contributed by atoms with Gasteiger partial charge in [0.25, 0.3) is 0 Å². The van der Waals surface area contributed by atoms with Crippen LogP contribution < -0.4 is 10.6 Å². The van der Waals surface area contributed by atoms with Gasteiger partial charge in [-0.05, 0) is 25.2 Å². The SMILES string of the molecule is CCC(C)CNC(=O)NC1CCCC(C(=O)O)C1. The molecule has 1 rings (SSSR count). The molecule has 0 aliphatic heterocycles. The Kier molecular flexibility index (Phi) is 5.95. The molecule has 0 aromatic rings. The minimum atomic E-state index is -0.749. The van der Waals surface area contributed by atoms with Crippen molar-refractivity contribution in [3.8, 4) is 0 Å². The van der Waals surface area contributed by atoms with Gasteiger partial charge in [-0.2, -0.15) is 0 Å².